The topological polar surface area (TPSA) is 40.6 Å². The van der Waals surface area contributed by atoms with Crippen molar-refractivity contribution in [2.75, 3.05) is 18.5 Å². The molecule has 2 fully saturated rings. The van der Waals surface area contributed by atoms with Gasteiger partial charge in [0.05, 0.1) is 11.6 Å². The average molecular weight is 365 g/mol. The second-order valence-corrected chi connectivity index (χ2v) is 7.24. The first-order valence-electron chi connectivity index (χ1n) is 7.80. The molecular weight excluding hydrogens is 344 g/mol. The van der Waals surface area contributed by atoms with Crippen LogP contribution in [-0.2, 0) is 9.59 Å². The maximum absolute atomic E-state index is 12.7. The smallest absolute Gasteiger partial charge is 0.228 e. The lowest BCUT2D eigenvalue weighted by Gasteiger charge is -2.27. The summed E-state index contributed by atoms with van der Waals surface area (Å²) >= 11 is 3.48. The second kappa shape index (κ2) is 6.03. The first-order chi connectivity index (χ1) is 10.5. The van der Waals surface area contributed by atoms with Gasteiger partial charge >= 0.3 is 0 Å². The van der Waals surface area contributed by atoms with Crippen molar-refractivity contribution in [3.05, 3.63) is 28.7 Å². The highest BCUT2D eigenvalue weighted by molar-refractivity contribution is 9.10. The minimum absolute atomic E-state index is 0.0257. The van der Waals surface area contributed by atoms with Crippen molar-refractivity contribution in [2.24, 2.45) is 11.8 Å². The summed E-state index contributed by atoms with van der Waals surface area (Å²) in [7, 11) is 1.87. The molecule has 1 aliphatic heterocycles. The molecular formula is C17H21BrN2O2. The zero-order valence-corrected chi connectivity index (χ0v) is 14.5. The SMILES string of the molecule is C[C@@H](C1CC1)N(C)C(=O)[C@H]1CC(=O)N(c2ccccc2Br)C1. The van der Waals surface area contributed by atoms with Gasteiger partial charge in [0.1, 0.15) is 0 Å². The lowest BCUT2D eigenvalue weighted by molar-refractivity contribution is -0.136. The zero-order chi connectivity index (χ0) is 15.9. The third-order valence-electron chi connectivity index (χ3n) is 4.88. The molecule has 0 unspecified atom stereocenters. The molecule has 0 N–H and O–H groups in total. The highest BCUT2D eigenvalue weighted by Crippen LogP contribution is 2.36. The van der Waals surface area contributed by atoms with E-state index < -0.39 is 0 Å². The lowest BCUT2D eigenvalue weighted by atomic mass is 10.1. The maximum atomic E-state index is 12.7. The molecule has 22 heavy (non-hydrogen) atoms. The largest absolute Gasteiger partial charge is 0.342 e. The Labute approximate surface area is 139 Å². The summed E-state index contributed by atoms with van der Waals surface area (Å²) in [5, 5.41) is 0. The predicted octanol–water partition coefficient (Wildman–Crippen LogP) is 3.06. The Morgan fingerprint density at radius 3 is 2.68 bits per heavy atom. The fourth-order valence-electron chi connectivity index (χ4n) is 3.16. The molecule has 0 aromatic heterocycles. The highest BCUT2D eigenvalue weighted by atomic mass is 79.9. The summed E-state index contributed by atoms with van der Waals surface area (Å²) in [5.74, 6) is 0.538. The summed E-state index contributed by atoms with van der Waals surface area (Å²) in [6, 6.07) is 7.93. The minimum Gasteiger partial charge on any atom is -0.342 e. The van der Waals surface area contributed by atoms with Crippen molar-refractivity contribution in [1.29, 1.82) is 0 Å². The Hall–Kier alpha value is -1.36. The Kier molecular flexibility index (Phi) is 4.26. The Balaban J connectivity index is 1.71. The van der Waals surface area contributed by atoms with Crippen molar-refractivity contribution in [1.82, 2.24) is 4.90 Å². The number of nitrogens with zero attached hydrogens (tertiary/aromatic N) is 2. The van der Waals surface area contributed by atoms with E-state index in [2.05, 4.69) is 22.9 Å². The van der Waals surface area contributed by atoms with E-state index in [9.17, 15) is 9.59 Å². The van der Waals surface area contributed by atoms with Crippen molar-refractivity contribution in [3.8, 4) is 0 Å². The summed E-state index contributed by atoms with van der Waals surface area (Å²) in [4.78, 5) is 28.5. The van der Waals surface area contributed by atoms with Gasteiger partial charge in [-0.3, -0.25) is 9.59 Å². The van der Waals surface area contributed by atoms with E-state index in [4.69, 9.17) is 0 Å². The highest BCUT2D eigenvalue weighted by Gasteiger charge is 2.40. The standard InChI is InChI=1S/C17H21BrN2O2/c1-11(12-7-8-12)19(2)17(22)13-9-16(21)20(10-13)15-6-4-3-5-14(15)18/h3-6,11-13H,7-10H2,1-2H3/t11-,13-/m0/s1. The van der Waals surface area contributed by atoms with E-state index in [1.54, 1.807) is 4.90 Å². The summed E-state index contributed by atoms with van der Waals surface area (Å²) in [6.07, 6.45) is 2.73. The second-order valence-electron chi connectivity index (χ2n) is 6.38. The molecule has 5 heteroatoms. The van der Waals surface area contributed by atoms with Gasteiger partial charge in [0.15, 0.2) is 0 Å². The van der Waals surface area contributed by atoms with Crippen LogP contribution in [0.1, 0.15) is 26.2 Å². The molecule has 118 valence electrons. The summed E-state index contributed by atoms with van der Waals surface area (Å²) in [6.45, 7) is 2.58. The van der Waals surface area contributed by atoms with Crippen molar-refractivity contribution in [3.63, 3.8) is 0 Å². The number of hydrogen-bond acceptors (Lipinski definition) is 2. The molecule has 4 nitrogen and oxygen atoms in total. The Morgan fingerprint density at radius 1 is 1.36 bits per heavy atom. The minimum atomic E-state index is -0.231. The van der Waals surface area contributed by atoms with Crippen LogP contribution in [0.25, 0.3) is 0 Å². The maximum Gasteiger partial charge on any atom is 0.228 e. The third-order valence-corrected chi connectivity index (χ3v) is 5.55. The van der Waals surface area contributed by atoms with E-state index in [1.807, 2.05) is 36.2 Å². The molecule has 1 aromatic rings. The molecule has 2 aliphatic rings. The fourth-order valence-corrected chi connectivity index (χ4v) is 3.66. The predicted molar refractivity (Wildman–Crippen MR) is 89.6 cm³/mol. The van der Waals surface area contributed by atoms with Crippen LogP contribution in [0.15, 0.2) is 28.7 Å². The van der Waals surface area contributed by atoms with E-state index in [1.165, 1.54) is 12.8 Å². The van der Waals surface area contributed by atoms with Gasteiger partial charge < -0.3 is 9.80 Å². The normalized spacial score (nSPS) is 22.8. The molecule has 1 saturated carbocycles. The van der Waals surface area contributed by atoms with Crippen LogP contribution in [0.2, 0.25) is 0 Å². The van der Waals surface area contributed by atoms with Gasteiger partial charge in [-0.25, -0.2) is 0 Å². The molecule has 0 spiro atoms. The van der Waals surface area contributed by atoms with E-state index in [0.717, 1.165) is 10.2 Å². The van der Waals surface area contributed by atoms with Crippen LogP contribution in [0.3, 0.4) is 0 Å². The summed E-state index contributed by atoms with van der Waals surface area (Å²) < 4.78 is 0.885. The molecule has 0 bridgehead atoms. The Morgan fingerprint density at radius 2 is 2.05 bits per heavy atom. The summed E-state index contributed by atoms with van der Waals surface area (Å²) in [5.41, 5.74) is 0.848. The van der Waals surface area contributed by atoms with Crippen LogP contribution >= 0.6 is 15.9 Å². The first-order valence-corrected chi connectivity index (χ1v) is 8.60. The van der Waals surface area contributed by atoms with Gasteiger partial charge in [0.2, 0.25) is 11.8 Å². The molecule has 1 aliphatic carbocycles. The number of para-hydroxylation sites is 1. The molecule has 1 aromatic carbocycles. The molecule has 3 rings (SSSR count). The van der Waals surface area contributed by atoms with Gasteiger partial charge in [-0.05, 0) is 53.7 Å². The molecule has 1 heterocycles. The fraction of sp³-hybridized carbons (Fsp3) is 0.529. The number of amides is 2. The average Bonchev–Trinajstić information content (AvgIpc) is 3.29. The van der Waals surface area contributed by atoms with Gasteiger partial charge in [-0.15, -0.1) is 0 Å². The number of anilines is 1. The van der Waals surface area contributed by atoms with Crippen LogP contribution in [0.4, 0.5) is 5.69 Å². The Bertz CT molecular complexity index is 600. The van der Waals surface area contributed by atoms with E-state index in [0.29, 0.717) is 18.9 Å². The number of benzene rings is 1. The monoisotopic (exact) mass is 364 g/mol. The number of carbonyl (C=O) groups is 2. The van der Waals surface area contributed by atoms with Gasteiger partial charge in [-0.1, -0.05) is 12.1 Å². The third kappa shape index (κ3) is 2.91. The first kappa shape index (κ1) is 15.5. The number of hydrogen-bond donors (Lipinski definition) is 0. The zero-order valence-electron chi connectivity index (χ0n) is 13.0. The van der Waals surface area contributed by atoms with Crippen molar-refractivity contribution >= 4 is 33.4 Å². The van der Waals surface area contributed by atoms with Crippen LogP contribution < -0.4 is 4.90 Å². The quantitative estimate of drug-likeness (QED) is 0.823. The van der Waals surface area contributed by atoms with E-state index >= 15 is 0 Å². The van der Waals surface area contributed by atoms with Gasteiger partial charge in [-0.2, -0.15) is 0 Å². The van der Waals surface area contributed by atoms with Crippen molar-refractivity contribution in [2.45, 2.75) is 32.2 Å². The van der Waals surface area contributed by atoms with E-state index in [-0.39, 0.29) is 23.8 Å². The molecule has 2 atom stereocenters. The lowest BCUT2D eigenvalue weighted by Crippen LogP contribution is -2.41. The molecule has 1 saturated heterocycles. The van der Waals surface area contributed by atoms with Crippen LogP contribution in [0, 0.1) is 11.8 Å². The van der Waals surface area contributed by atoms with Gasteiger partial charge in [0, 0.05) is 30.5 Å². The number of halogens is 1. The molecule has 2 amide bonds. The molecule has 0 radical (unpaired) electrons. The van der Waals surface area contributed by atoms with Crippen molar-refractivity contribution < 1.29 is 9.59 Å². The van der Waals surface area contributed by atoms with Gasteiger partial charge in [0.25, 0.3) is 0 Å². The number of carbonyl (C=O) groups excluding carboxylic acids is 2. The number of rotatable bonds is 4. The van der Waals surface area contributed by atoms with Crippen LogP contribution in [-0.4, -0.2) is 36.3 Å². The van der Waals surface area contributed by atoms with Crippen LogP contribution in [0.5, 0.6) is 0 Å².